The van der Waals surface area contributed by atoms with Crippen LogP contribution in [0.2, 0.25) is 0 Å². The van der Waals surface area contributed by atoms with Crippen LogP contribution in [0.15, 0.2) is 54.6 Å². The summed E-state index contributed by atoms with van der Waals surface area (Å²) in [6.45, 7) is 3.01. The van der Waals surface area contributed by atoms with Gasteiger partial charge in [0.1, 0.15) is 12.4 Å². The maximum absolute atomic E-state index is 11.4. The molecule has 0 unspecified atom stereocenters. The van der Waals surface area contributed by atoms with E-state index in [-0.39, 0.29) is 6.03 Å². The molecule has 0 heterocycles. The van der Waals surface area contributed by atoms with Gasteiger partial charge >= 0.3 is 6.03 Å². The Morgan fingerprint density at radius 3 is 2.40 bits per heavy atom. The Morgan fingerprint density at radius 1 is 1.05 bits per heavy atom. The standard InChI is InChI=1S/C16H18N2O2/c1-2-17-16(19)18-14-8-10-15(11-9-14)20-12-13-6-4-3-5-7-13/h3-11H,2,12H2,1H3,(H2,17,18,19). The highest BCUT2D eigenvalue weighted by molar-refractivity contribution is 5.89. The molecule has 2 aromatic carbocycles. The molecular weight excluding hydrogens is 252 g/mol. The SMILES string of the molecule is CCNC(=O)Nc1ccc(OCc2ccccc2)cc1. The van der Waals surface area contributed by atoms with E-state index in [1.807, 2.05) is 61.5 Å². The number of ether oxygens (including phenoxy) is 1. The van der Waals surface area contributed by atoms with Crippen LogP contribution in [0.25, 0.3) is 0 Å². The summed E-state index contributed by atoms with van der Waals surface area (Å²) in [7, 11) is 0. The number of carbonyl (C=O) groups is 1. The molecule has 0 aromatic heterocycles. The van der Waals surface area contributed by atoms with Gasteiger partial charge in [-0.25, -0.2) is 4.79 Å². The Labute approximate surface area is 118 Å². The molecule has 0 saturated heterocycles. The van der Waals surface area contributed by atoms with Crippen molar-refractivity contribution in [2.75, 3.05) is 11.9 Å². The summed E-state index contributed by atoms with van der Waals surface area (Å²) < 4.78 is 5.67. The highest BCUT2D eigenvalue weighted by Gasteiger charge is 2.00. The summed E-state index contributed by atoms with van der Waals surface area (Å²) in [5.74, 6) is 0.773. The maximum atomic E-state index is 11.4. The van der Waals surface area contributed by atoms with Gasteiger partial charge in [0.2, 0.25) is 0 Å². The van der Waals surface area contributed by atoms with Crippen molar-refractivity contribution in [1.29, 1.82) is 0 Å². The second-order valence-corrected chi connectivity index (χ2v) is 4.28. The molecule has 4 heteroatoms. The van der Waals surface area contributed by atoms with Crippen LogP contribution >= 0.6 is 0 Å². The smallest absolute Gasteiger partial charge is 0.319 e. The third-order valence-corrected chi connectivity index (χ3v) is 2.70. The number of hydrogen-bond acceptors (Lipinski definition) is 2. The first-order chi connectivity index (χ1) is 9.78. The van der Waals surface area contributed by atoms with Gasteiger partial charge in [0.05, 0.1) is 0 Å². The number of urea groups is 1. The molecule has 0 saturated carbocycles. The number of anilines is 1. The molecule has 0 fully saturated rings. The van der Waals surface area contributed by atoms with Crippen LogP contribution < -0.4 is 15.4 Å². The van der Waals surface area contributed by atoms with E-state index in [9.17, 15) is 4.79 Å². The Kier molecular flexibility index (Phi) is 5.00. The van der Waals surface area contributed by atoms with Crippen molar-refractivity contribution in [3.63, 3.8) is 0 Å². The summed E-state index contributed by atoms with van der Waals surface area (Å²) in [6.07, 6.45) is 0. The molecule has 0 aliphatic heterocycles. The van der Waals surface area contributed by atoms with Gasteiger partial charge in [0.15, 0.2) is 0 Å². The van der Waals surface area contributed by atoms with Crippen molar-refractivity contribution < 1.29 is 9.53 Å². The lowest BCUT2D eigenvalue weighted by molar-refractivity contribution is 0.252. The number of amides is 2. The third kappa shape index (κ3) is 4.31. The second kappa shape index (κ2) is 7.19. The number of carbonyl (C=O) groups excluding carboxylic acids is 1. The van der Waals surface area contributed by atoms with Gasteiger partial charge in [-0.05, 0) is 36.8 Å². The lowest BCUT2D eigenvalue weighted by Crippen LogP contribution is -2.28. The highest BCUT2D eigenvalue weighted by Crippen LogP contribution is 2.17. The number of nitrogens with one attached hydrogen (secondary N) is 2. The molecule has 0 bridgehead atoms. The lowest BCUT2D eigenvalue weighted by atomic mass is 10.2. The predicted molar refractivity (Wildman–Crippen MR) is 79.9 cm³/mol. The van der Waals surface area contributed by atoms with Crippen molar-refractivity contribution in [3.05, 3.63) is 60.2 Å². The van der Waals surface area contributed by atoms with Crippen molar-refractivity contribution in [2.45, 2.75) is 13.5 Å². The zero-order chi connectivity index (χ0) is 14.2. The van der Waals surface area contributed by atoms with E-state index < -0.39 is 0 Å². The zero-order valence-corrected chi connectivity index (χ0v) is 11.4. The number of hydrogen-bond donors (Lipinski definition) is 2. The first-order valence-corrected chi connectivity index (χ1v) is 6.59. The minimum Gasteiger partial charge on any atom is -0.489 e. The van der Waals surface area contributed by atoms with Gasteiger partial charge in [0, 0.05) is 12.2 Å². The third-order valence-electron chi connectivity index (χ3n) is 2.70. The Bertz CT molecular complexity index is 538. The van der Waals surface area contributed by atoms with E-state index in [4.69, 9.17) is 4.74 Å². The van der Waals surface area contributed by atoms with Crippen LogP contribution in [0.3, 0.4) is 0 Å². The molecule has 20 heavy (non-hydrogen) atoms. The predicted octanol–water partition coefficient (Wildman–Crippen LogP) is 3.41. The molecule has 0 aliphatic carbocycles. The molecule has 4 nitrogen and oxygen atoms in total. The van der Waals surface area contributed by atoms with Gasteiger partial charge in [-0.15, -0.1) is 0 Å². The highest BCUT2D eigenvalue weighted by atomic mass is 16.5. The summed E-state index contributed by atoms with van der Waals surface area (Å²) in [5, 5.41) is 5.41. The van der Waals surface area contributed by atoms with E-state index in [1.165, 1.54) is 0 Å². The van der Waals surface area contributed by atoms with Crippen molar-refractivity contribution in [1.82, 2.24) is 5.32 Å². The van der Waals surface area contributed by atoms with E-state index in [2.05, 4.69) is 10.6 Å². The molecule has 2 N–H and O–H groups in total. The van der Waals surface area contributed by atoms with E-state index >= 15 is 0 Å². The van der Waals surface area contributed by atoms with Crippen LogP contribution in [0.4, 0.5) is 10.5 Å². The van der Waals surface area contributed by atoms with Crippen LogP contribution in [-0.4, -0.2) is 12.6 Å². The number of rotatable bonds is 5. The average molecular weight is 270 g/mol. The van der Waals surface area contributed by atoms with Crippen molar-refractivity contribution in [3.8, 4) is 5.75 Å². The summed E-state index contributed by atoms with van der Waals surface area (Å²) in [4.78, 5) is 11.4. The molecule has 0 aliphatic rings. The summed E-state index contributed by atoms with van der Waals surface area (Å²) >= 11 is 0. The fourth-order valence-electron chi connectivity index (χ4n) is 1.71. The fraction of sp³-hybridized carbons (Fsp3) is 0.188. The van der Waals surface area contributed by atoms with Gasteiger partial charge in [-0.3, -0.25) is 0 Å². The van der Waals surface area contributed by atoms with Crippen molar-refractivity contribution >= 4 is 11.7 Å². The average Bonchev–Trinajstić information content (AvgIpc) is 2.48. The normalized spacial score (nSPS) is 9.85. The Balaban J connectivity index is 1.87. The molecule has 0 spiro atoms. The van der Waals surface area contributed by atoms with E-state index in [0.29, 0.717) is 13.2 Å². The molecule has 104 valence electrons. The largest absolute Gasteiger partial charge is 0.489 e. The number of benzene rings is 2. The maximum Gasteiger partial charge on any atom is 0.319 e. The van der Waals surface area contributed by atoms with Crippen LogP contribution in [0, 0.1) is 0 Å². The van der Waals surface area contributed by atoms with Crippen LogP contribution in [0.1, 0.15) is 12.5 Å². The first kappa shape index (κ1) is 13.9. The van der Waals surface area contributed by atoms with Gasteiger partial charge in [-0.1, -0.05) is 30.3 Å². The van der Waals surface area contributed by atoms with Gasteiger partial charge < -0.3 is 15.4 Å². The lowest BCUT2D eigenvalue weighted by Gasteiger charge is -2.08. The summed E-state index contributed by atoms with van der Waals surface area (Å²) in [5.41, 5.74) is 1.86. The van der Waals surface area contributed by atoms with Crippen LogP contribution in [0.5, 0.6) is 5.75 Å². The van der Waals surface area contributed by atoms with Gasteiger partial charge in [0.25, 0.3) is 0 Å². The monoisotopic (exact) mass is 270 g/mol. The summed E-state index contributed by atoms with van der Waals surface area (Å²) in [6, 6.07) is 17.1. The molecular formula is C16H18N2O2. The molecule has 0 radical (unpaired) electrons. The quantitative estimate of drug-likeness (QED) is 0.874. The molecule has 2 amide bonds. The zero-order valence-electron chi connectivity index (χ0n) is 11.4. The molecule has 2 rings (SSSR count). The fourth-order valence-corrected chi connectivity index (χ4v) is 1.71. The molecule has 0 atom stereocenters. The Hall–Kier alpha value is -2.49. The van der Waals surface area contributed by atoms with E-state index in [0.717, 1.165) is 17.0 Å². The minimum absolute atomic E-state index is 0.203. The second-order valence-electron chi connectivity index (χ2n) is 4.28. The molecule has 2 aromatic rings. The Morgan fingerprint density at radius 2 is 1.75 bits per heavy atom. The topological polar surface area (TPSA) is 50.4 Å². The van der Waals surface area contributed by atoms with Crippen molar-refractivity contribution in [2.24, 2.45) is 0 Å². The van der Waals surface area contributed by atoms with E-state index in [1.54, 1.807) is 0 Å². The first-order valence-electron chi connectivity index (χ1n) is 6.59. The van der Waals surface area contributed by atoms with Crippen LogP contribution in [-0.2, 0) is 6.61 Å². The van der Waals surface area contributed by atoms with Gasteiger partial charge in [-0.2, -0.15) is 0 Å². The minimum atomic E-state index is -0.203.